The smallest absolute Gasteiger partial charge is 0.326 e. The minimum atomic E-state index is -1.61. The van der Waals surface area contributed by atoms with E-state index in [1.807, 2.05) is 0 Å². The van der Waals surface area contributed by atoms with Gasteiger partial charge in [-0.25, -0.2) is 15.3 Å². The van der Waals surface area contributed by atoms with Crippen molar-refractivity contribution in [3.05, 3.63) is 47.6 Å². The second-order valence-electron chi connectivity index (χ2n) is 12.1. The van der Waals surface area contributed by atoms with Gasteiger partial charge >= 0.3 is 7.12 Å². The summed E-state index contributed by atoms with van der Waals surface area (Å²) < 4.78 is 10.0. The minimum Gasteiger partial charge on any atom is -0.399 e. The fraction of sp³-hybridized carbons (Fsp3) is 0.667. The Bertz CT molecular complexity index is 1100. The fourth-order valence-corrected chi connectivity index (χ4v) is 8.80. The molecule has 3 heterocycles. The average molecular weight is 702 g/mol. The third-order valence-corrected chi connectivity index (χ3v) is 9.39. The van der Waals surface area contributed by atoms with Crippen LogP contribution in [0.15, 0.2) is 13.4 Å². The van der Waals surface area contributed by atoms with Gasteiger partial charge < -0.3 is 13.8 Å². The van der Waals surface area contributed by atoms with Gasteiger partial charge in [-0.05, 0) is 83.3 Å². The van der Waals surface area contributed by atoms with Crippen molar-refractivity contribution in [1.29, 1.82) is 0 Å². The van der Waals surface area contributed by atoms with Crippen molar-refractivity contribution in [2.45, 2.75) is 119 Å². The molecule has 0 saturated heterocycles. The number of hydrogen-bond acceptors (Lipinski definition) is 3. The summed E-state index contributed by atoms with van der Waals surface area (Å²) in [5.74, 6) is 1.65. The van der Waals surface area contributed by atoms with E-state index in [4.69, 9.17) is 15.3 Å². The zero-order chi connectivity index (χ0) is 28.1. The Hall–Kier alpha value is -0.865. The number of aromatic nitrogens is 6. The molecule has 37 heavy (non-hydrogen) atoms. The van der Waals surface area contributed by atoms with Crippen LogP contribution < -0.4 is 0 Å². The van der Waals surface area contributed by atoms with Gasteiger partial charge in [0.2, 0.25) is 0 Å². The first kappa shape index (κ1) is 30.7. The average Bonchev–Trinajstić information content (AvgIpc) is 3.40. The van der Waals surface area contributed by atoms with Crippen LogP contribution in [-0.4, -0.2) is 36.2 Å². The summed E-state index contributed by atoms with van der Waals surface area (Å²) in [5, 5.41) is 15.9. The molecule has 0 fully saturated rings. The molecule has 206 valence electrons. The lowest BCUT2D eigenvalue weighted by Gasteiger charge is -2.34. The second-order valence-corrected chi connectivity index (χ2v) is 14.5. The number of hydrogen-bond donors (Lipinski definition) is 0. The van der Waals surface area contributed by atoms with Crippen LogP contribution in [0, 0.1) is 0 Å². The van der Waals surface area contributed by atoms with Crippen molar-refractivity contribution in [1.82, 2.24) is 29.1 Å². The summed E-state index contributed by atoms with van der Waals surface area (Å²) in [4.78, 5) is 0. The predicted molar refractivity (Wildman–Crippen MR) is 168 cm³/mol. The summed E-state index contributed by atoms with van der Waals surface area (Å²) in [5.41, 5.74) is 6.77. The molecule has 0 aliphatic heterocycles. The van der Waals surface area contributed by atoms with Gasteiger partial charge in [0.25, 0.3) is 0 Å². The zero-order valence-corrected chi connectivity index (χ0v) is 29.2. The van der Waals surface area contributed by atoms with Crippen LogP contribution in [0.1, 0.15) is 153 Å². The summed E-state index contributed by atoms with van der Waals surface area (Å²) in [6.07, 6.45) is 0. The number of halogens is 3. The molecule has 3 aromatic heterocycles. The van der Waals surface area contributed by atoms with Crippen LogP contribution in [-0.2, 0) is 0 Å². The fourth-order valence-electron chi connectivity index (χ4n) is 5.21. The molecule has 0 saturated carbocycles. The number of rotatable bonds is 9. The van der Waals surface area contributed by atoms with Gasteiger partial charge in [-0.1, -0.05) is 83.1 Å². The van der Waals surface area contributed by atoms with E-state index in [0.717, 1.165) is 30.5 Å². The maximum atomic E-state index is 5.31. The van der Waals surface area contributed by atoms with Crippen LogP contribution in [0.4, 0.5) is 0 Å². The molecule has 0 aromatic carbocycles. The van der Waals surface area contributed by atoms with E-state index in [-0.39, 0.29) is 35.5 Å². The van der Waals surface area contributed by atoms with E-state index in [1.54, 1.807) is 0 Å². The van der Waals surface area contributed by atoms with Crippen LogP contribution in [0.5, 0.6) is 0 Å². The van der Waals surface area contributed by atoms with Gasteiger partial charge in [0, 0.05) is 17.1 Å². The molecule has 6 nitrogen and oxygen atoms in total. The van der Waals surface area contributed by atoms with Crippen molar-refractivity contribution in [3.63, 3.8) is 0 Å². The van der Waals surface area contributed by atoms with Crippen LogP contribution in [0.2, 0.25) is 0 Å². The lowest BCUT2D eigenvalue weighted by Crippen LogP contribution is -2.47. The normalized spacial score (nSPS) is 12.8. The highest BCUT2D eigenvalue weighted by Gasteiger charge is 2.31. The molecule has 10 heteroatoms. The minimum absolute atomic E-state index is 0.265. The SMILES string of the molecule is CC(C)c1nn([BH-](n2nc(C(C)C)c(Br)c2C(C)C)n2nc(C(C)C)c(Br)c2C(C)C)c(C(C)C)c1Br. The Morgan fingerprint density at radius 1 is 0.432 bits per heavy atom. The number of nitrogens with zero attached hydrogens (tertiary/aromatic N) is 6. The molecular weight excluding hydrogens is 659 g/mol. The molecule has 0 aliphatic carbocycles. The third-order valence-electron chi connectivity index (χ3n) is 6.95. The van der Waals surface area contributed by atoms with Gasteiger partial charge in [-0.3, -0.25) is 0 Å². The van der Waals surface area contributed by atoms with Crippen LogP contribution >= 0.6 is 47.8 Å². The summed E-state index contributed by atoms with van der Waals surface area (Å²) in [7, 11) is -1.61. The lowest BCUT2D eigenvalue weighted by atomic mass is 9.89. The highest BCUT2D eigenvalue weighted by Crippen LogP contribution is 2.38. The summed E-state index contributed by atoms with van der Waals surface area (Å²) in [6.45, 7) is 26.6. The van der Waals surface area contributed by atoms with Gasteiger partial charge in [0.15, 0.2) is 0 Å². The Balaban J connectivity index is 2.56. The molecule has 0 unspecified atom stereocenters. The summed E-state index contributed by atoms with van der Waals surface area (Å²) in [6, 6.07) is 0. The predicted octanol–water partition coefficient (Wildman–Crippen LogP) is 8.97. The third kappa shape index (κ3) is 5.58. The van der Waals surface area contributed by atoms with Crippen molar-refractivity contribution in [2.75, 3.05) is 0 Å². The quantitative estimate of drug-likeness (QED) is 0.209. The van der Waals surface area contributed by atoms with Crippen LogP contribution in [0.25, 0.3) is 0 Å². The van der Waals surface area contributed by atoms with Crippen molar-refractivity contribution < 1.29 is 0 Å². The monoisotopic (exact) mass is 699 g/mol. The molecule has 0 radical (unpaired) electrons. The standard InChI is InChI=1S/C27H43BBr3N6/c1-13(2)22-19(29)25(16(7)8)35(32-22)28(36-26(17(9)10)20(30)23(33-36)14(3)4)37-27(18(11)12)21(31)24(34-37)15(5)6/h13-18,28H,1-12H3/q-1. The van der Waals surface area contributed by atoms with Gasteiger partial charge in [-0.2, -0.15) is 0 Å². The largest absolute Gasteiger partial charge is 0.399 e. The van der Waals surface area contributed by atoms with Crippen molar-refractivity contribution in [3.8, 4) is 0 Å². The highest BCUT2D eigenvalue weighted by atomic mass is 79.9. The molecule has 3 aromatic rings. The van der Waals surface area contributed by atoms with Crippen molar-refractivity contribution in [2.24, 2.45) is 0 Å². The van der Waals surface area contributed by atoms with Gasteiger partial charge in [0.05, 0.1) is 30.5 Å². The van der Waals surface area contributed by atoms with Crippen molar-refractivity contribution >= 4 is 54.9 Å². The molecule has 0 spiro atoms. The van der Waals surface area contributed by atoms with E-state index in [9.17, 15) is 0 Å². The van der Waals surface area contributed by atoms with E-state index in [0.29, 0.717) is 0 Å². The first-order valence-corrected chi connectivity index (χ1v) is 16.0. The zero-order valence-electron chi connectivity index (χ0n) is 24.5. The maximum Gasteiger partial charge on any atom is 0.326 e. The molecule has 0 atom stereocenters. The maximum absolute atomic E-state index is 5.31. The second kappa shape index (κ2) is 11.7. The Morgan fingerprint density at radius 3 is 0.811 bits per heavy atom. The van der Waals surface area contributed by atoms with Gasteiger partial charge in [0.1, 0.15) is 0 Å². The van der Waals surface area contributed by atoms with E-state index in [2.05, 4.69) is 145 Å². The Kier molecular flexibility index (Phi) is 9.71. The Labute approximate surface area is 248 Å². The summed E-state index contributed by atoms with van der Waals surface area (Å²) >= 11 is 11.8. The molecule has 0 aliphatic rings. The lowest BCUT2D eigenvalue weighted by molar-refractivity contribution is 0.645. The molecule has 0 N–H and O–H groups in total. The van der Waals surface area contributed by atoms with E-state index in [1.165, 1.54) is 17.1 Å². The first-order chi connectivity index (χ1) is 17.1. The topological polar surface area (TPSA) is 53.5 Å². The molecule has 3 rings (SSSR count). The molecule has 0 amide bonds. The molecular formula is C27H43BBr3N6-. The Morgan fingerprint density at radius 2 is 0.649 bits per heavy atom. The highest BCUT2D eigenvalue weighted by molar-refractivity contribution is 9.11. The van der Waals surface area contributed by atoms with Crippen LogP contribution in [0.3, 0.4) is 0 Å². The van der Waals surface area contributed by atoms with E-state index < -0.39 is 7.12 Å². The molecule has 0 bridgehead atoms. The first-order valence-electron chi connectivity index (χ1n) is 13.6. The van der Waals surface area contributed by atoms with E-state index >= 15 is 0 Å². The van der Waals surface area contributed by atoms with Gasteiger partial charge in [-0.15, -0.1) is 0 Å².